The van der Waals surface area contributed by atoms with Gasteiger partial charge in [-0.15, -0.1) is 0 Å². The molecule has 9 nitrogen and oxygen atoms in total. The van der Waals surface area contributed by atoms with Gasteiger partial charge in [-0.05, 0) is 62.4 Å². The first-order valence-electron chi connectivity index (χ1n) is 10.0. The SMILES string of the molecule is Cc1cc(COC(=O)c2ccc(Oc3ccc(C(=O)OCc4cc(C)no4)cc3)cc2)on1. The van der Waals surface area contributed by atoms with E-state index in [-0.39, 0.29) is 13.2 Å². The lowest BCUT2D eigenvalue weighted by Crippen LogP contribution is -2.05. The fourth-order valence-electron chi connectivity index (χ4n) is 2.86. The van der Waals surface area contributed by atoms with Crippen LogP contribution >= 0.6 is 0 Å². The molecule has 0 bridgehead atoms. The van der Waals surface area contributed by atoms with Crippen molar-refractivity contribution in [3.05, 3.63) is 94.7 Å². The van der Waals surface area contributed by atoms with Gasteiger partial charge in [0.2, 0.25) is 0 Å². The van der Waals surface area contributed by atoms with Crippen molar-refractivity contribution in [3.63, 3.8) is 0 Å². The molecule has 0 N–H and O–H groups in total. The highest BCUT2D eigenvalue weighted by atomic mass is 16.6. The topological polar surface area (TPSA) is 114 Å². The largest absolute Gasteiger partial charge is 0.457 e. The number of hydrogen-bond acceptors (Lipinski definition) is 9. The van der Waals surface area contributed by atoms with Crippen molar-refractivity contribution in [2.75, 3.05) is 0 Å². The molecule has 0 spiro atoms. The summed E-state index contributed by atoms with van der Waals surface area (Å²) in [6.07, 6.45) is 0. The van der Waals surface area contributed by atoms with E-state index in [9.17, 15) is 9.59 Å². The van der Waals surface area contributed by atoms with E-state index in [4.69, 9.17) is 23.3 Å². The van der Waals surface area contributed by atoms with Crippen LogP contribution in [0.1, 0.15) is 43.6 Å². The Bertz CT molecular complexity index is 1140. The van der Waals surface area contributed by atoms with Gasteiger partial charge in [0.05, 0.1) is 22.5 Å². The zero-order valence-corrected chi connectivity index (χ0v) is 17.9. The molecule has 2 heterocycles. The number of carbonyl (C=O) groups is 2. The molecular weight excluding hydrogens is 428 g/mol. The minimum Gasteiger partial charge on any atom is -0.457 e. The number of nitrogens with zero attached hydrogens (tertiary/aromatic N) is 2. The van der Waals surface area contributed by atoms with Crippen LogP contribution in [0.4, 0.5) is 0 Å². The lowest BCUT2D eigenvalue weighted by Gasteiger charge is -2.08. The molecule has 0 aliphatic carbocycles. The number of benzene rings is 2. The van der Waals surface area contributed by atoms with Crippen LogP contribution < -0.4 is 4.74 Å². The van der Waals surface area contributed by atoms with Crippen LogP contribution in [0.15, 0.2) is 69.7 Å². The molecule has 0 fully saturated rings. The van der Waals surface area contributed by atoms with Crippen molar-refractivity contribution in [1.29, 1.82) is 0 Å². The maximum Gasteiger partial charge on any atom is 0.338 e. The van der Waals surface area contributed by atoms with Gasteiger partial charge in [-0.25, -0.2) is 9.59 Å². The molecule has 9 heteroatoms. The maximum atomic E-state index is 12.2. The van der Waals surface area contributed by atoms with Gasteiger partial charge in [0.15, 0.2) is 24.7 Å². The van der Waals surface area contributed by atoms with Crippen LogP contribution in [0.2, 0.25) is 0 Å². The van der Waals surface area contributed by atoms with E-state index in [2.05, 4.69) is 10.3 Å². The molecule has 2 aromatic carbocycles. The summed E-state index contributed by atoms with van der Waals surface area (Å²) in [5, 5.41) is 7.48. The average Bonchev–Trinajstić information content (AvgIpc) is 3.44. The summed E-state index contributed by atoms with van der Waals surface area (Å²) >= 11 is 0. The van der Waals surface area contributed by atoms with E-state index in [0.717, 1.165) is 0 Å². The van der Waals surface area contributed by atoms with Crippen molar-refractivity contribution >= 4 is 11.9 Å². The third-order valence-electron chi connectivity index (χ3n) is 4.46. The Balaban J connectivity index is 1.28. The molecule has 0 saturated carbocycles. The molecule has 0 radical (unpaired) electrons. The standard InChI is InChI=1S/C24H20N2O7/c1-15-11-21(32-25-15)13-29-23(27)17-3-7-19(8-4-17)31-20-9-5-18(6-10-20)24(28)30-14-22-12-16(2)26-33-22/h3-12H,13-14H2,1-2H3. The summed E-state index contributed by atoms with van der Waals surface area (Å²) in [6.45, 7) is 3.58. The van der Waals surface area contributed by atoms with Crippen molar-refractivity contribution in [2.24, 2.45) is 0 Å². The van der Waals surface area contributed by atoms with Crippen LogP contribution in [-0.4, -0.2) is 22.3 Å². The lowest BCUT2D eigenvalue weighted by atomic mass is 10.2. The van der Waals surface area contributed by atoms with Gasteiger partial charge < -0.3 is 23.3 Å². The van der Waals surface area contributed by atoms with Gasteiger partial charge in [0, 0.05) is 12.1 Å². The number of aryl methyl sites for hydroxylation is 2. The van der Waals surface area contributed by atoms with E-state index >= 15 is 0 Å². The van der Waals surface area contributed by atoms with Gasteiger partial charge in [0.1, 0.15) is 11.5 Å². The third kappa shape index (κ3) is 5.85. The Morgan fingerprint density at radius 3 is 1.42 bits per heavy atom. The summed E-state index contributed by atoms with van der Waals surface area (Å²) in [6, 6.07) is 16.4. The zero-order valence-electron chi connectivity index (χ0n) is 17.9. The van der Waals surface area contributed by atoms with Gasteiger partial charge in [-0.3, -0.25) is 0 Å². The van der Waals surface area contributed by atoms with E-state index in [0.29, 0.717) is 45.5 Å². The van der Waals surface area contributed by atoms with Gasteiger partial charge in [0.25, 0.3) is 0 Å². The van der Waals surface area contributed by atoms with E-state index in [1.807, 2.05) is 0 Å². The molecule has 4 aromatic rings. The number of rotatable bonds is 8. The minimum atomic E-state index is -0.487. The predicted octanol–water partition coefficient (Wildman–Crippen LogP) is 4.79. The van der Waals surface area contributed by atoms with E-state index in [1.165, 1.54) is 0 Å². The first kappa shape index (κ1) is 21.8. The second-order valence-electron chi connectivity index (χ2n) is 7.17. The highest BCUT2D eigenvalue weighted by Crippen LogP contribution is 2.23. The van der Waals surface area contributed by atoms with Gasteiger partial charge >= 0.3 is 11.9 Å². The van der Waals surface area contributed by atoms with Crippen molar-refractivity contribution in [2.45, 2.75) is 27.1 Å². The highest BCUT2D eigenvalue weighted by molar-refractivity contribution is 5.90. The Hall–Kier alpha value is -4.40. The molecule has 2 aromatic heterocycles. The van der Waals surface area contributed by atoms with Crippen LogP contribution in [0.25, 0.3) is 0 Å². The molecule has 0 unspecified atom stereocenters. The minimum absolute atomic E-state index is 0.00471. The second-order valence-corrected chi connectivity index (χ2v) is 7.17. The summed E-state index contributed by atoms with van der Waals surface area (Å²) < 4.78 is 26.2. The molecule has 0 atom stereocenters. The summed E-state index contributed by atoms with van der Waals surface area (Å²) in [7, 11) is 0. The molecule has 0 amide bonds. The predicted molar refractivity (Wildman–Crippen MR) is 114 cm³/mol. The first-order valence-corrected chi connectivity index (χ1v) is 10.0. The number of carbonyl (C=O) groups excluding carboxylic acids is 2. The number of ether oxygens (including phenoxy) is 3. The molecule has 0 saturated heterocycles. The molecule has 168 valence electrons. The first-order chi connectivity index (χ1) is 16.0. The fourth-order valence-corrected chi connectivity index (χ4v) is 2.86. The molecule has 33 heavy (non-hydrogen) atoms. The monoisotopic (exact) mass is 448 g/mol. The van der Waals surface area contributed by atoms with Crippen molar-refractivity contribution < 1.29 is 32.8 Å². The van der Waals surface area contributed by atoms with Crippen LogP contribution in [0, 0.1) is 13.8 Å². The van der Waals surface area contributed by atoms with Crippen molar-refractivity contribution in [3.8, 4) is 11.5 Å². The Morgan fingerprint density at radius 2 is 1.09 bits per heavy atom. The number of esters is 2. The van der Waals surface area contributed by atoms with Crippen LogP contribution in [0.3, 0.4) is 0 Å². The number of aromatic nitrogens is 2. The zero-order chi connectivity index (χ0) is 23.2. The molecule has 0 aliphatic rings. The Morgan fingerprint density at radius 1 is 0.697 bits per heavy atom. The van der Waals surface area contributed by atoms with Crippen LogP contribution in [0.5, 0.6) is 11.5 Å². The number of hydrogen-bond donors (Lipinski definition) is 0. The Labute approximate surface area is 188 Å². The summed E-state index contributed by atoms with van der Waals surface area (Å²) in [5.74, 6) is 1.02. The third-order valence-corrected chi connectivity index (χ3v) is 4.46. The summed E-state index contributed by atoms with van der Waals surface area (Å²) in [5.41, 5.74) is 2.18. The van der Waals surface area contributed by atoms with E-state index in [1.54, 1.807) is 74.5 Å². The second kappa shape index (κ2) is 9.82. The molecule has 4 rings (SSSR count). The van der Waals surface area contributed by atoms with Crippen molar-refractivity contribution in [1.82, 2.24) is 10.3 Å². The van der Waals surface area contributed by atoms with E-state index < -0.39 is 11.9 Å². The maximum absolute atomic E-state index is 12.2. The summed E-state index contributed by atoms with van der Waals surface area (Å²) in [4.78, 5) is 24.3. The Kier molecular flexibility index (Phi) is 6.49. The quantitative estimate of drug-likeness (QED) is 0.351. The lowest BCUT2D eigenvalue weighted by molar-refractivity contribution is 0.0429. The van der Waals surface area contributed by atoms with Gasteiger partial charge in [-0.1, -0.05) is 10.3 Å². The molecular formula is C24H20N2O7. The van der Waals surface area contributed by atoms with Gasteiger partial charge in [-0.2, -0.15) is 0 Å². The average molecular weight is 448 g/mol. The highest BCUT2D eigenvalue weighted by Gasteiger charge is 2.12. The smallest absolute Gasteiger partial charge is 0.338 e. The molecule has 0 aliphatic heterocycles. The fraction of sp³-hybridized carbons (Fsp3) is 0.167. The normalized spacial score (nSPS) is 10.6. The van der Waals surface area contributed by atoms with Crippen LogP contribution in [-0.2, 0) is 22.7 Å².